The van der Waals surface area contributed by atoms with Gasteiger partial charge >= 0.3 is 0 Å². The Kier molecular flexibility index (Phi) is 5.05. The molecule has 1 fully saturated rings. The predicted molar refractivity (Wildman–Crippen MR) is 117 cm³/mol. The van der Waals surface area contributed by atoms with E-state index in [1.807, 2.05) is 41.4 Å². The van der Waals surface area contributed by atoms with E-state index in [2.05, 4.69) is 19.9 Å². The number of aromatic amines is 1. The van der Waals surface area contributed by atoms with Crippen LogP contribution in [0.1, 0.15) is 17.4 Å². The molecule has 0 spiro atoms. The lowest BCUT2D eigenvalue weighted by molar-refractivity contribution is -0.138. The number of pyridine rings is 1. The van der Waals surface area contributed by atoms with Crippen molar-refractivity contribution < 1.29 is 9.53 Å². The average Bonchev–Trinajstić information content (AvgIpc) is 3.22. The molecule has 0 bridgehead atoms. The number of fused-ring (bicyclic) bond motifs is 1. The van der Waals surface area contributed by atoms with Gasteiger partial charge in [0, 0.05) is 41.6 Å². The van der Waals surface area contributed by atoms with Crippen molar-refractivity contribution in [1.82, 2.24) is 24.8 Å². The van der Waals surface area contributed by atoms with Gasteiger partial charge in [-0.1, -0.05) is 18.2 Å². The van der Waals surface area contributed by atoms with Gasteiger partial charge in [-0.25, -0.2) is 15.0 Å². The van der Waals surface area contributed by atoms with E-state index < -0.39 is 0 Å². The summed E-state index contributed by atoms with van der Waals surface area (Å²) >= 11 is 0. The van der Waals surface area contributed by atoms with Gasteiger partial charge in [-0.2, -0.15) is 0 Å². The van der Waals surface area contributed by atoms with Crippen LogP contribution in [0.2, 0.25) is 0 Å². The van der Waals surface area contributed by atoms with Gasteiger partial charge in [-0.15, -0.1) is 0 Å². The molecule has 1 unspecified atom stereocenters. The second kappa shape index (κ2) is 8.16. The van der Waals surface area contributed by atoms with Crippen LogP contribution in [0.5, 0.6) is 0 Å². The molecule has 8 heteroatoms. The highest BCUT2D eigenvalue weighted by Crippen LogP contribution is 2.30. The Morgan fingerprint density at radius 2 is 2.16 bits per heavy atom. The fourth-order valence-electron chi connectivity index (χ4n) is 4.03. The van der Waals surface area contributed by atoms with Gasteiger partial charge in [-0.05, 0) is 29.3 Å². The first-order valence-corrected chi connectivity index (χ1v) is 10.2. The van der Waals surface area contributed by atoms with Crippen LogP contribution in [0.3, 0.4) is 0 Å². The van der Waals surface area contributed by atoms with Gasteiger partial charge in [0.25, 0.3) is 0 Å². The Labute approximate surface area is 179 Å². The minimum Gasteiger partial charge on any atom is -0.384 e. The van der Waals surface area contributed by atoms with E-state index in [9.17, 15) is 4.79 Å². The van der Waals surface area contributed by atoms with Crippen LogP contribution in [0, 0.1) is 0 Å². The summed E-state index contributed by atoms with van der Waals surface area (Å²) in [7, 11) is 0. The summed E-state index contributed by atoms with van der Waals surface area (Å²) in [5, 5.41) is 1.08. The number of carbonyl (C=O) groups excluding carboxylic acids is 1. The topological polar surface area (TPSA) is 110 Å². The molecule has 0 saturated carbocycles. The molecule has 3 aromatic heterocycles. The van der Waals surface area contributed by atoms with Crippen LogP contribution < -0.4 is 5.73 Å². The lowest BCUT2D eigenvalue weighted by Gasteiger charge is -2.33. The minimum absolute atomic E-state index is 0.0711. The van der Waals surface area contributed by atoms with Crippen LogP contribution in [0.15, 0.2) is 61.3 Å². The standard InChI is InChI=1S/C23H22N6O2/c24-21-9-15(5-6-26-21)18-12-25-14-28-23(18)20-13-29(7-8-31-20)22(30)10-16-11-27-19-4-2-1-3-17(16)19/h1-6,9,11-12,14,20,27H,7-8,10,13H2,(H2,24,26). The van der Waals surface area contributed by atoms with Crippen molar-refractivity contribution in [2.75, 3.05) is 25.4 Å². The van der Waals surface area contributed by atoms with Crippen LogP contribution in [-0.4, -0.2) is 50.4 Å². The number of morpholine rings is 1. The molecule has 0 aliphatic carbocycles. The SMILES string of the molecule is Nc1cc(-c2cncnc2C2CN(C(=O)Cc3c[nH]c4ccccc34)CCO2)ccn1. The number of nitrogens with zero attached hydrogens (tertiary/aromatic N) is 4. The lowest BCUT2D eigenvalue weighted by atomic mass is 10.0. The van der Waals surface area contributed by atoms with Crippen molar-refractivity contribution in [3.8, 4) is 11.1 Å². The number of H-pyrrole nitrogens is 1. The fraction of sp³-hybridized carbons (Fsp3) is 0.217. The van der Waals surface area contributed by atoms with E-state index in [0.29, 0.717) is 31.9 Å². The van der Waals surface area contributed by atoms with E-state index in [0.717, 1.165) is 33.3 Å². The largest absolute Gasteiger partial charge is 0.384 e. The summed E-state index contributed by atoms with van der Waals surface area (Å²) < 4.78 is 6.01. The lowest BCUT2D eigenvalue weighted by Crippen LogP contribution is -2.43. The van der Waals surface area contributed by atoms with E-state index >= 15 is 0 Å². The zero-order valence-corrected chi connectivity index (χ0v) is 16.9. The molecule has 156 valence electrons. The third-order valence-electron chi connectivity index (χ3n) is 5.58. The van der Waals surface area contributed by atoms with Crippen molar-refractivity contribution in [1.29, 1.82) is 0 Å². The number of hydrogen-bond acceptors (Lipinski definition) is 6. The van der Waals surface area contributed by atoms with Gasteiger partial charge in [0.1, 0.15) is 18.2 Å². The number of nitrogen functional groups attached to an aromatic ring is 1. The number of hydrogen-bond donors (Lipinski definition) is 2. The highest BCUT2D eigenvalue weighted by molar-refractivity contribution is 5.89. The maximum Gasteiger partial charge on any atom is 0.227 e. The molecule has 8 nitrogen and oxygen atoms in total. The summed E-state index contributed by atoms with van der Waals surface area (Å²) in [6.07, 6.45) is 6.81. The summed E-state index contributed by atoms with van der Waals surface area (Å²) in [5.41, 5.74) is 10.3. The maximum absolute atomic E-state index is 13.1. The monoisotopic (exact) mass is 414 g/mol. The number of para-hydroxylation sites is 1. The highest BCUT2D eigenvalue weighted by atomic mass is 16.5. The van der Waals surface area contributed by atoms with Gasteiger partial charge in [0.05, 0.1) is 25.3 Å². The normalized spacial score (nSPS) is 16.5. The molecule has 5 rings (SSSR count). The van der Waals surface area contributed by atoms with Crippen molar-refractivity contribution in [2.45, 2.75) is 12.5 Å². The number of nitrogens with one attached hydrogen (secondary N) is 1. The number of carbonyl (C=O) groups is 1. The molecule has 1 amide bonds. The molecule has 31 heavy (non-hydrogen) atoms. The summed E-state index contributed by atoms with van der Waals surface area (Å²) in [6, 6.07) is 11.6. The Hall–Kier alpha value is -3.78. The van der Waals surface area contributed by atoms with E-state index in [4.69, 9.17) is 10.5 Å². The third-order valence-corrected chi connectivity index (χ3v) is 5.58. The molecule has 1 aromatic carbocycles. The third kappa shape index (κ3) is 3.85. The number of nitrogens with two attached hydrogens (primary N) is 1. The molecule has 4 aromatic rings. The summed E-state index contributed by atoms with van der Waals surface area (Å²) in [5.74, 6) is 0.495. The zero-order valence-electron chi connectivity index (χ0n) is 16.9. The number of benzene rings is 1. The van der Waals surface area contributed by atoms with Gasteiger partial charge in [0.2, 0.25) is 5.91 Å². The second-order valence-corrected chi connectivity index (χ2v) is 7.53. The summed E-state index contributed by atoms with van der Waals surface area (Å²) in [6.45, 7) is 1.44. The van der Waals surface area contributed by atoms with E-state index in [1.54, 1.807) is 18.5 Å². The molecular formula is C23H22N6O2. The maximum atomic E-state index is 13.1. The smallest absolute Gasteiger partial charge is 0.227 e. The molecule has 3 N–H and O–H groups in total. The average molecular weight is 414 g/mol. The van der Waals surface area contributed by atoms with Crippen molar-refractivity contribution >= 4 is 22.6 Å². The van der Waals surface area contributed by atoms with Crippen molar-refractivity contribution in [3.63, 3.8) is 0 Å². The van der Waals surface area contributed by atoms with Crippen LogP contribution >= 0.6 is 0 Å². The molecule has 1 saturated heterocycles. The molecule has 1 atom stereocenters. The number of ether oxygens (including phenoxy) is 1. The van der Waals surface area contributed by atoms with E-state index in [1.165, 1.54) is 6.33 Å². The first kappa shape index (κ1) is 19.2. The quantitative estimate of drug-likeness (QED) is 0.531. The molecule has 0 radical (unpaired) electrons. The van der Waals surface area contributed by atoms with Crippen LogP contribution in [-0.2, 0) is 16.0 Å². The Morgan fingerprint density at radius 1 is 1.26 bits per heavy atom. The Morgan fingerprint density at radius 3 is 3.06 bits per heavy atom. The number of anilines is 1. The van der Waals surface area contributed by atoms with Crippen molar-refractivity contribution in [3.05, 3.63) is 72.6 Å². The zero-order chi connectivity index (χ0) is 21.2. The Balaban J connectivity index is 1.37. The second-order valence-electron chi connectivity index (χ2n) is 7.53. The van der Waals surface area contributed by atoms with E-state index in [-0.39, 0.29) is 12.0 Å². The fourth-order valence-corrected chi connectivity index (χ4v) is 4.03. The number of aromatic nitrogens is 4. The molecule has 4 heterocycles. The number of rotatable bonds is 4. The summed E-state index contributed by atoms with van der Waals surface area (Å²) in [4.78, 5) is 30.9. The van der Waals surface area contributed by atoms with Crippen LogP contribution in [0.4, 0.5) is 5.82 Å². The predicted octanol–water partition coefficient (Wildman–Crippen LogP) is 2.74. The molecular weight excluding hydrogens is 392 g/mol. The van der Waals surface area contributed by atoms with Gasteiger partial charge < -0.3 is 20.4 Å². The number of amides is 1. The Bertz CT molecular complexity index is 1240. The van der Waals surface area contributed by atoms with Crippen LogP contribution in [0.25, 0.3) is 22.0 Å². The van der Waals surface area contributed by atoms with Gasteiger partial charge in [0.15, 0.2) is 0 Å². The minimum atomic E-state index is -0.340. The first-order chi connectivity index (χ1) is 15.2. The van der Waals surface area contributed by atoms with Crippen molar-refractivity contribution in [2.24, 2.45) is 0 Å². The molecule has 1 aliphatic rings. The highest BCUT2D eigenvalue weighted by Gasteiger charge is 2.28. The van der Waals surface area contributed by atoms with Gasteiger partial charge in [-0.3, -0.25) is 4.79 Å². The molecule has 1 aliphatic heterocycles. The first-order valence-electron chi connectivity index (χ1n) is 10.2.